The Morgan fingerprint density at radius 3 is 2.38 bits per heavy atom. The largest absolute Gasteiger partial charge is 0.493 e. The normalized spacial score (nSPS) is 11.4. The van der Waals surface area contributed by atoms with Gasteiger partial charge in [-0.15, -0.1) is 12.4 Å². The van der Waals surface area contributed by atoms with Crippen molar-refractivity contribution in [2.45, 2.75) is 6.10 Å². The highest BCUT2D eigenvalue weighted by atomic mass is 35.5. The van der Waals surface area contributed by atoms with E-state index in [9.17, 15) is 5.11 Å². The number of H-pyrrole nitrogens is 1. The number of aliphatic hydroxyl groups excluding tert-OH is 1. The summed E-state index contributed by atoms with van der Waals surface area (Å²) in [5, 5.41) is 15.6. The molecule has 3 aromatic carbocycles. The Labute approximate surface area is 193 Å². The highest BCUT2D eigenvalue weighted by Gasteiger charge is 2.11. The lowest BCUT2D eigenvalue weighted by Crippen LogP contribution is -2.33. The first-order chi connectivity index (χ1) is 14.8. The number of nitrogens with one attached hydrogen (secondary N) is 2. The fourth-order valence-electron chi connectivity index (χ4n) is 3.47. The summed E-state index contributed by atoms with van der Waals surface area (Å²) in [5.74, 6) is 2.18. The van der Waals surface area contributed by atoms with Gasteiger partial charge in [0.05, 0.1) is 12.6 Å². The van der Waals surface area contributed by atoms with Gasteiger partial charge in [-0.25, -0.2) is 0 Å². The Hall–Kier alpha value is -2.97. The summed E-state index contributed by atoms with van der Waals surface area (Å²) in [6.45, 7) is 1.70. The molecule has 0 aliphatic carbocycles. The van der Waals surface area contributed by atoms with Crippen molar-refractivity contribution in [3.63, 3.8) is 0 Å². The maximum atomic E-state index is 10.3. The van der Waals surface area contributed by atoms with Gasteiger partial charge < -0.3 is 35.1 Å². The number of hydrogen-bond donors (Lipinski definition) is 3. The lowest BCUT2D eigenvalue weighted by molar-refractivity contribution is 0.106. The number of hydrogen-bond acceptors (Lipinski definition) is 5. The van der Waals surface area contributed by atoms with Crippen molar-refractivity contribution in [1.29, 1.82) is 0 Å². The summed E-state index contributed by atoms with van der Waals surface area (Å²) in [6, 6.07) is 21.6. The first kappa shape index (κ1) is 25.3. The van der Waals surface area contributed by atoms with E-state index in [1.54, 1.807) is 7.11 Å². The molecule has 0 saturated heterocycles. The van der Waals surface area contributed by atoms with Crippen molar-refractivity contribution in [3.8, 4) is 17.2 Å². The Kier molecular flexibility index (Phi) is 9.61. The van der Waals surface area contributed by atoms with Crippen molar-refractivity contribution in [2.24, 2.45) is 0 Å². The van der Waals surface area contributed by atoms with E-state index in [2.05, 4.69) is 16.4 Å². The van der Waals surface area contributed by atoms with E-state index in [-0.39, 0.29) is 24.5 Å². The van der Waals surface area contributed by atoms with Gasteiger partial charge in [-0.2, -0.15) is 0 Å². The molecule has 0 spiro atoms. The molecule has 1 aromatic heterocycles. The van der Waals surface area contributed by atoms with Gasteiger partial charge in [-0.3, -0.25) is 0 Å². The second kappa shape index (κ2) is 12.2. The highest BCUT2D eigenvalue weighted by Crippen LogP contribution is 2.33. The predicted octanol–water partition coefficient (Wildman–Crippen LogP) is 3.34. The van der Waals surface area contributed by atoms with E-state index in [0.717, 1.165) is 27.6 Å². The second-order valence-electron chi connectivity index (χ2n) is 7.02. The number of rotatable bonds is 10. The van der Waals surface area contributed by atoms with Crippen LogP contribution in [0.25, 0.3) is 21.8 Å². The third-order valence-corrected chi connectivity index (χ3v) is 4.91. The van der Waals surface area contributed by atoms with Crippen LogP contribution in [0.15, 0.2) is 66.7 Å². The molecule has 0 aliphatic rings. The minimum Gasteiger partial charge on any atom is -0.493 e. The lowest BCUT2D eigenvalue weighted by Gasteiger charge is -2.15. The SMILES string of the molecule is COc1ccccc1OCCNCC(O)COc1cccc2[nH]c3ccccc3c12.Cl.O. The van der Waals surface area contributed by atoms with Crippen LogP contribution in [0.5, 0.6) is 17.2 Å². The van der Waals surface area contributed by atoms with Gasteiger partial charge >= 0.3 is 0 Å². The van der Waals surface area contributed by atoms with Crippen LogP contribution in [0.2, 0.25) is 0 Å². The molecule has 0 saturated carbocycles. The first-order valence-electron chi connectivity index (χ1n) is 10.0. The molecular formula is C24H29ClN2O5. The number of benzene rings is 3. The number of halogens is 1. The number of para-hydroxylation sites is 3. The van der Waals surface area contributed by atoms with Crippen molar-refractivity contribution in [1.82, 2.24) is 10.3 Å². The van der Waals surface area contributed by atoms with Crippen LogP contribution >= 0.6 is 12.4 Å². The molecule has 4 aromatic rings. The van der Waals surface area contributed by atoms with Crippen molar-refractivity contribution in [2.75, 3.05) is 33.4 Å². The number of aromatic nitrogens is 1. The molecule has 0 bridgehead atoms. The predicted molar refractivity (Wildman–Crippen MR) is 130 cm³/mol. The quantitative estimate of drug-likeness (QED) is 0.315. The summed E-state index contributed by atoms with van der Waals surface area (Å²) >= 11 is 0. The van der Waals surface area contributed by atoms with Gasteiger partial charge in [0.1, 0.15) is 25.1 Å². The van der Waals surface area contributed by atoms with Gasteiger partial charge in [-0.1, -0.05) is 36.4 Å². The van der Waals surface area contributed by atoms with Gasteiger partial charge in [0.15, 0.2) is 11.5 Å². The van der Waals surface area contributed by atoms with Crippen molar-refractivity contribution >= 4 is 34.2 Å². The third kappa shape index (κ3) is 5.83. The molecule has 1 heterocycles. The minimum absolute atomic E-state index is 0. The number of methoxy groups -OCH3 is 1. The molecule has 0 radical (unpaired) electrons. The van der Waals surface area contributed by atoms with Crippen LogP contribution in [-0.4, -0.2) is 55.1 Å². The molecule has 0 fully saturated rings. The van der Waals surface area contributed by atoms with E-state index in [0.29, 0.717) is 31.2 Å². The van der Waals surface area contributed by atoms with Crippen LogP contribution in [0.1, 0.15) is 0 Å². The molecule has 0 amide bonds. The average molecular weight is 461 g/mol. The number of fused-ring (bicyclic) bond motifs is 3. The molecule has 1 atom stereocenters. The van der Waals surface area contributed by atoms with Gasteiger partial charge in [0.2, 0.25) is 0 Å². The Balaban J connectivity index is 0.00000181. The molecule has 1 unspecified atom stereocenters. The van der Waals surface area contributed by atoms with E-state index < -0.39 is 6.10 Å². The topological polar surface area (TPSA) is 107 Å². The molecule has 5 N–H and O–H groups in total. The zero-order chi connectivity index (χ0) is 20.8. The highest BCUT2D eigenvalue weighted by molar-refractivity contribution is 6.10. The van der Waals surface area contributed by atoms with Crippen LogP contribution in [0, 0.1) is 0 Å². The van der Waals surface area contributed by atoms with E-state index in [4.69, 9.17) is 14.2 Å². The maximum Gasteiger partial charge on any atom is 0.161 e. The molecule has 172 valence electrons. The van der Waals surface area contributed by atoms with Crippen LogP contribution in [-0.2, 0) is 0 Å². The monoisotopic (exact) mass is 460 g/mol. The van der Waals surface area contributed by atoms with Crippen molar-refractivity contribution < 1.29 is 24.8 Å². The Bertz CT molecular complexity index is 1120. The molecule has 7 nitrogen and oxygen atoms in total. The summed E-state index contributed by atoms with van der Waals surface area (Å²) < 4.78 is 16.9. The summed E-state index contributed by atoms with van der Waals surface area (Å²) in [7, 11) is 1.62. The molecular weight excluding hydrogens is 432 g/mol. The van der Waals surface area contributed by atoms with Crippen LogP contribution < -0.4 is 19.5 Å². The standard InChI is InChI=1S/C24H26N2O4.ClH.H2O/c1-28-21-10-4-5-11-22(21)29-14-13-25-15-17(27)16-30-23-12-6-9-20-24(23)18-7-2-3-8-19(18)26-20;;/h2-12,17,25-27H,13-16H2,1H3;1H;1H2. The van der Waals surface area contributed by atoms with E-state index in [1.807, 2.05) is 60.7 Å². The molecule has 8 heteroatoms. The molecule has 4 rings (SSSR count). The van der Waals surface area contributed by atoms with E-state index >= 15 is 0 Å². The Morgan fingerprint density at radius 2 is 1.56 bits per heavy atom. The van der Waals surface area contributed by atoms with Crippen molar-refractivity contribution in [3.05, 3.63) is 66.7 Å². The van der Waals surface area contributed by atoms with Gasteiger partial charge in [0.25, 0.3) is 0 Å². The number of ether oxygens (including phenoxy) is 3. The fourth-order valence-corrected chi connectivity index (χ4v) is 3.47. The van der Waals surface area contributed by atoms with Crippen LogP contribution in [0.4, 0.5) is 0 Å². The summed E-state index contributed by atoms with van der Waals surface area (Å²) in [5.41, 5.74) is 2.09. The molecule has 0 aliphatic heterocycles. The average Bonchev–Trinajstić information content (AvgIpc) is 3.17. The zero-order valence-electron chi connectivity index (χ0n) is 17.8. The number of aromatic amines is 1. The minimum atomic E-state index is -0.628. The smallest absolute Gasteiger partial charge is 0.161 e. The van der Waals surface area contributed by atoms with Crippen LogP contribution in [0.3, 0.4) is 0 Å². The number of aliphatic hydroxyl groups is 1. The Morgan fingerprint density at radius 1 is 0.875 bits per heavy atom. The fraction of sp³-hybridized carbons (Fsp3) is 0.250. The van der Waals surface area contributed by atoms with E-state index in [1.165, 1.54) is 0 Å². The summed E-state index contributed by atoms with van der Waals surface area (Å²) in [6.07, 6.45) is -0.628. The third-order valence-electron chi connectivity index (χ3n) is 4.91. The van der Waals surface area contributed by atoms with Gasteiger partial charge in [-0.05, 0) is 30.3 Å². The van der Waals surface area contributed by atoms with Gasteiger partial charge in [0, 0.05) is 29.4 Å². The summed E-state index contributed by atoms with van der Waals surface area (Å²) in [4.78, 5) is 3.40. The maximum absolute atomic E-state index is 10.3. The molecule has 32 heavy (non-hydrogen) atoms. The second-order valence-corrected chi connectivity index (χ2v) is 7.02. The zero-order valence-corrected chi connectivity index (χ0v) is 18.7. The lowest BCUT2D eigenvalue weighted by atomic mass is 10.1. The first-order valence-corrected chi connectivity index (χ1v) is 10.0.